The monoisotopic (exact) mass is 355 g/mol. The third-order valence-corrected chi connectivity index (χ3v) is 4.55. The van der Waals surface area contributed by atoms with Crippen molar-refractivity contribution in [2.24, 2.45) is 0 Å². The number of rotatable bonds is 5. The summed E-state index contributed by atoms with van der Waals surface area (Å²) < 4.78 is 6.57. The van der Waals surface area contributed by atoms with E-state index in [-0.39, 0.29) is 5.56 Å². The van der Waals surface area contributed by atoms with Crippen molar-refractivity contribution < 1.29 is 14.6 Å². The average Bonchev–Trinajstić information content (AvgIpc) is 2.42. The number of halogens is 1. The summed E-state index contributed by atoms with van der Waals surface area (Å²) in [6.45, 7) is 3.57. The molecule has 0 aliphatic carbocycles. The SMILES string of the molecule is Cc1cc(Br)cc(C(=O)O)c1OCCC1CCCCN1C. The van der Waals surface area contributed by atoms with E-state index in [4.69, 9.17) is 4.74 Å². The molecule has 0 aromatic heterocycles. The molecule has 1 aliphatic rings. The number of piperidine rings is 1. The zero-order valence-electron chi connectivity index (χ0n) is 12.6. The normalized spacial score (nSPS) is 19.5. The van der Waals surface area contributed by atoms with E-state index in [1.54, 1.807) is 6.07 Å². The van der Waals surface area contributed by atoms with Crippen LogP contribution >= 0.6 is 15.9 Å². The molecule has 0 radical (unpaired) electrons. The molecule has 1 unspecified atom stereocenters. The van der Waals surface area contributed by atoms with E-state index in [0.29, 0.717) is 18.4 Å². The molecule has 0 amide bonds. The van der Waals surface area contributed by atoms with Gasteiger partial charge in [0.05, 0.1) is 6.61 Å². The molecule has 1 fully saturated rings. The average molecular weight is 356 g/mol. The largest absolute Gasteiger partial charge is 0.492 e. The van der Waals surface area contributed by atoms with Crippen LogP contribution in [0.3, 0.4) is 0 Å². The van der Waals surface area contributed by atoms with Crippen molar-refractivity contribution in [1.82, 2.24) is 4.90 Å². The van der Waals surface area contributed by atoms with E-state index >= 15 is 0 Å². The van der Waals surface area contributed by atoms with E-state index in [1.807, 2.05) is 13.0 Å². The van der Waals surface area contributed by atoms with Gasteiger partial charge in [-0.2, -0.15) is 0 Å². The van der Waals surface area contributed by atoms with Gasteiger partial charge in [-0.1, -0.05) is 22.4 Å². The summed E-state index contributed by atoms with van der Waals surface area (Å²) >= 11 is 3.33. The Kier molecular flexibility index (Phi) is 5.65. The molecule has 1 N–H and O–H groups in total. The predicted octanol–water partition coefficient (Wildman–Crippen LogP) is 3.71. The van der Waals surface area contributed by atoms with Gasteiger partial charge in [0.1, 0.15) is 11.3 Å². The number of aromatic carboxylic acids is 1. The Morgan fingerprint density at radius 1 is 1.48 bits per heavy atom. The van der Waals surface area contributed by atoms with Gasteiger partial charge in [-0.15, -0.1) is 0 Å². The zero-order valence-corrected chi connectivity index (χ0v) is 14.1. The fourth-order valence-corrected chi connectivity index (χ4v) is 3.46. The number of benzene rings is 1. The quantitative estimate of drug-likeness (QED) is 0.874. The van der Waals surface area contributed by atoms with Crippen LogP contribution in [0.2, 0.25) is 0 Å². The van der Waals surface area contributed by atoms with Crippen molar-refractivity contribution in [2.75, 3.05) is 20.2 Å². The molecular formula is C16H22BrNO3. The topological polar surface area (TPSA) is 49.8 Å². The molecule has 21 heavy (non-hydrogen) atoms. The highest BCUT2D eigenvalue weighted by Crippen LogP contribution is 2.28. The second-order valence-corrected chi connectivity index (χ2v) is 6.59. The molecule has 0 spiro atoms. The van der Waals surface area contributed by atoms with Gasteiger partial charge in [-0.25, -0.2) is 4.79 Å². The first kappa shape index (κ1) is 16.3. The lowest BCUT2D eigenvalue weighted by molar-refractivity contribution is 0.0691. The highest BCUT2D eigenvalue weighted by atomic mass is 79.9. The van der Waals surface area contributed by atoms with Gasteiger partial charge in [0.2, 0.25) is 0 Å². The predicted molar refractivity (Wildman–Crippen MR) is 86.2 cm³/mol. The molecule has 1 saturated heterocycles. The van der Waals surface area contributed by atoms with Crippen molar-refractivity contribution in [3.8, 4) is 5.75 Å². The van der Waals surface area contributed by atoms with Gasteiger partial charge >= 0.3 is 5.97 Å². The Labute approximate surface area is 134 Å². The molecule has 0 saturated carbocycles. The maximum absolute atomic E-state index is 11.3. The lowest BCUT2D eigenvalue weighted by atomic mass is 10.0. The zero-order chi connectivity index (χ0) is 15.4. The highest BCUT2D eigenvalue weighted by molar-refractivity contribution is 9.10. The van der Waals surface area contributed by atoms with E-state index < -0.39 is 5.97 Å². The van der Waals surface area contributed by atoms with Gasteiger partial charge in [0, 0.05) is 10.5 Å². The fraction of sp³-hybridized carbons (Fsp3) is 0.562. The lowest BCUT2D eigenvalue weighted by Crippen LogP contribution is -2.37. The maximum atomic E-state index is 11.3. The van der Waals surface area contributed by atoms with E-state index in [1.165, 1.54) is 19.3 Å². The highest BCUT2D eigenvalue weighted by Gasteiger charge is 2.20. The van der Waals surface area contributed by atoms with E-state index in [2.05, 4.69) is 27.9 Å². The first-order chi connectivity index (χ1) is 9.99. The molecule has 2 rings (SSSR count). The Morgan fingerprint density at radius 2 is 2.24 bits per heavy atom. The van der Waals surface area contributed by atoms with Crippen LogP contribution in [0, 0.1) is 6.92 Å². The third kappa shape index (κ3) is 4.20. The lowest BCUT2D eigenvalue weighted by Gasteiger charge is -2.32. The van der Waals surface area contributed by atoms with Gasteiger partial charge in [0.25, 0.3) is 0 Å². The number of carbonyl (C=O) groups is 1. The minimum atomic E-state index is -0.954. The summed E-state index contributed by atoms with van der Waals surface area (Å²) in [5.41, 5.74) is 1.07. The second kappa shape index (κ2) is 7.27. The molecular weight excluding hydrogens is 334 g/mol. The molecule has 1 aromatic rings. The molecule has 1 aromatic carbocycles. The Morgan fingerprint density at radius 3 is 2.90 bits per heavy atom. The van der Waals surface area contributed by atoms with Gasteiger partial charge in [-0.05, 0) is 57.5 Å². The fourth-order valence-electron chi connectivity index (χ4n) is 2.89. The van der Waals surface area contributed by atoms with Crippen molar-refractivity contribution in [1.29, 1.82) is 0 Å². The number of carboxylic acid groups (broad SMARTS) is 1. The van der Waals surface area contributed by atoms with E-state index in [0.717, 1.165) is 23.0 Å². The first-order valence-electron chi connectivity index (χ1n) is 7.35. The number of carboxylic acids is 1. The summed E-state index contributed by atoms with van der Waals surface area (Å²) in [6.07, 6.45) is 4.67. The van der Waals surface area contributed by atoms with Crippen LogP contribution in [0.5, 0.6) is 5.75 Å². The molecule has 4 nitrogen and oxygen atoms in total. The number of nitrogens with zero attached hydrogens (tertiary/aromatic N) is 1. The number of aryl methyl sites for hydroxylation is 1. The third-order valence-electron chi connectivity index (χ3n) is 4.09. The van der Waals surface area contributed by atoms with Crippen molar-refractivity contribution in [3.63, 3.8) is 0 Å². The van der Waals surface area contributed by atoms with Gasteiger partial charge in [0.15, 0.2) is 0 Å². The number of ether oxygens (including phenoxy) is 1. The smallest absolute Gasteiger partial charge is 0.339 e. The van der Waals surface area contributed by atoms with Crippen molar-refractivity contribution in [3.05, 3.63) is 27.7 Å². The molecule has 116 valence electrons. The minimum Gasteiger partial charge on any atom is -0.492 e. The van der Waals surface area contributed by atoms with Crippen LogP contribution < -0.4 is 4.74 Å². The summed E-state index contributed by atoms with van der Waals surface area (Å²) in [6, 6.07) is 4.02. The van der Waals surface area contributed by atoms with E-state index in [9.17, 15) is 9.90 Å². The number of hydrogen-bond donors (Lipinski definition) is 1. The summed E-state index contributed by atoms with van der Waals surface area (Å²) in [4.78, 5) is 13.7. The molecule has 0 bridgehead atoms. The molecule has 1 heterocycles. The second-order valence-electron chi connectivity index (χ2n) is 5.67. The Hall–Kier alpha value is -1.07. The summed E-state index contributed by atoms with van der Waals surface area (Å²) in [5, 5.41) is 9.30. The van der Waals surface area contributed by atoms with Crippen LogP contribution in [-0.2, 0) is 0 Å². The Balaban J connectivity index is 2.01. The van der Waals surface area contributed by atoms with Crippen LogP contribution in [0.1, 0.15) is 41.6 Å². The van der Waals surface area contributed by atoms with Gasteiger partial charge in [-0.3, -0.25) is 0 Å². The number of hydrogen-bond acceptors (Lipinski definition) is 3. The van der Waals surface area contributed by atoms with Crippen LogP contribution in [0.4, 0.5) is 0 Å². The van der Waals surface area contributed by atoms with Gasteiger partial charge < -0.3 is 14.7 Å². The van der Waals surface area contributed by atoms with Crippen LogP contribution in [0.15, 0.2) is 16.6 Å². The maximum Gasteiger partial charge on any atom is 0.339 e. The van der Waals surface area contributed by atoms with Crippen molar-refractivity contribution in [2.45, 2.75) is 38.6 Å². The van der Waals surface area contributed by atoms with Crippen LogP contribution in [0.25, 0.3) is 0 Å². The minimum absolute atomic E-state index is 0.221. The first-order valence-corrected chi connectivity index (χ1v) is 8.15. The standard InChI is InChI=1S/C16H22BrNO3/c1-11-9-12(17)10-14(16(19)20)15(11)21-8-6-13-5-3-4-7-18(13)2/h9-10,13H,3-8H2,1-2H3,(H,19,20). The van der Waals surface area contributed by atoms with Crippen molar-refractivity contribution >= 4 is 21.9 Å². The summed E-state index contributed by atoms with van der Waals surface area (Å²) in [5.74, 6) is -0.464. The number of likely N-dealkylation sites (tertiary alicyclic amines) is 1. The molecule has 5 heteroatoms. The Bertz CT molecular complexity index is 518. The molecule has 1 aliphatic heterocycles. The summed E-state index contributed by atoms with van der Waals surface area (Å²) in [7, 11) is 2.15. The molecule has 1 atom stereocenters. The van der Waals surface area contributed by atoms with Crippen LogP contribution in [-0.4, -0.2) is 42.2 Å².